The van der Waals surface area contributed by atoms with E-state index in [-0.39, 0.29) is 18.8 Å². The zero-order chi connectivity index (χ0) is 12.1. The molecule has 6 heteroatoms. The van der Waals surface area contributed by atoms with Gasteiger partial charge in [0.25, 0.3) is 0 Å². The summed E-state index contributed by atoms with van der Waals surface area (Å²) >= 11 is 0. The van der Waals surface area contributed by atoms with Crippen LogP contribution in [0.5, 0.6) is 0 Å². The Labute approximate surface area is 91.5 Å². The molecular weight excluding hydrogens is 218 g/mol. The number of nitrogens with one attached hydrogen (secondary N) is 1. The second-order valence-electron chi connectivity index (χ2n) is 3.20. The highest BCUT2D eigenvalue weighted by molar-refractivity contribution is 5.89. The maximum absolute atomic E-state index is 12.8. The summed E-state index contributed by atoms with van der Waals surface area (Å²) in [4.78, 5) is 12.6. The SMILES string of the molecule is CN(CCO)C(=O)Nc1ccc(F)c(F)c1. The molecule has 0 bridgehead atoms. The van der Waals surface area contributed by atoms with Gasteiger partial charge in [0.2, 0.25) is 0 Å². The minimum Gasteiger partial charge on any atom is -0.395 e. The van der Waals surface area contributed by atoms with Crippen molar-refractivity contribution in [3.8, 4) is 0 Å². The van der Waals surface area contributed by atoms with Crippen LogP contribution in [-0.2, 0) is 0 Å². The molecule has 2 N–H and O–H groups in total. The van der Waals surface area contributed by atoms with Gasteiger partial charge in [-0.3, -0.25) is 0 Å². The van der Waals surface area contributed by atoms with Crippen LogP contribution in [-0.4, -0.2) is 36.2 Å². The fraction of sp³-hybridized carbons (Fsp3) is 0.300. The lowest BCUT2D eigenvalue weighted by atomic mass is 10.3. The van der Waals surface area contributed by atoms with Crippen LogP contribution in [0.15, 0.2) is 18.2 Å². The predicted molar refractivity (Wildman–Crippen MR) is 55.1 cm³/mol. The summed E-state index contributed by atoms with van der Waals surface area (Å²) in [6.45, 7) is -0.00277. The molecule has 0 atom stereocenters. The summed E-state index contributed by atoms with van der Waals surface area (Å²) in [5.74, 6) is -2.00. The first kappa shape index (κ1) is 12.4. The van der Waals surface area contributed by atoms with Gasteiger partial charge >= 0.3 is 6.03 Å². The van der Waals surface area contributed by atoms with Gasteiger partial charge in [0.05, 0.1) is 6.61 Å². The zero-order valence-corrected chi connectivity index (χ0v) is 8.70. The number of likely N-dealkylation sites (N-methyl/N-ethyl adjacent to an activating group) is 1. The van der Waals surface area contributed by atoms with Crippen molar-refractivity contribution < 1.29 is 18.7 Å². The first-order chi connectivity index (χ1) is 7.54. The molecule has 1 aromatic carbocycles. The van der Waals surface area contributed by atoms with Gasteiger partial charge < -0.3 is 15.3 Å². The van der Waals surface area contributed by atoms with Crippen LogP contribution in [0.4, 0.5) is 19.3 Å². The topological polar surface area (TPSA) is 52.6 Å². The molecule has 0 saturated carbocycles. The molecule has 0 aromatic heterocycles. The highest BCUT2D eigenvalue weighted by Crippen LogP contribution is 2.13. The van der Waals surface area contributed by atoms with E-state index in [9.17, 15) is 13.6 Å². The summed E-state index contributed by atoms with van der Waals surface area (Å²) in [6.07, 6.45) is 0. The molecule has 2 amide bonds. The fourth-order valence-electron chi connectivity index (χ4n) is 1.04. The Morgan fingerprint density at radius 3 is 2.69 bits per heavy atom. The van der Waals surface area contributed by atoms with Crippen molar-refractivity contribution in [2.24, 2.45) is 0 Å². The number of carbonyl (C=O) groups excluding carboxylic acids is 1. The number of rotatable bonds is 3. The van der Waals surface area contributed by atoms with Crippen molar-refractivity contribution in [1.82, 2.24) is 4.90 Å². The first-order valence-corrected chi connectivity index (χ1v) is 4.62. The van der Waals surface area contributed by atoms with Crippen molar-refractivity contribution in [1.29, 1.82) is 0 Å². The van der Waals surface area contributed by atoms with Crippen LogP contribution in [0.1, 0.15) is 0 Å². The second kappa shape index (κ2) is 5.41. The number of halogens is 2. The van der Waals surface area contributed by atoms with Crippen LogP contribution in [0, 0.1) is 11.6 Å². The normalized spacial score (nSPS) is 10.0. The van der Waals surface area contributed by atoms with Gasteiger partial charge in [-0.25, -0.2) is 13.6 Å². The molecule has 0 saturated heterocycles. The van der Waals surface area contributed by atoms with Gasteiger partial charge in [-0.15, -0.1) is 0 Å². The lowest BCUT2D eigenvalue weighted by molar-refractivity contribution is 0.202. The minimum atomic E-state index is -1.03. The van der Waals surface area contributed by atoms with Gasteiger partial charge in [-0.1, -0.05) is 0 Å². The van der Waals surface area contributed by atoms with Crippen molar-refractivity contribution in [2.45, 2.75) is 0 Å². The van der Waals surface area contributed by atoms with Gasteiger partial charge in [0.1, 0.15) is 0 Å². The molecule has 88 valence electrons. The average molecular weight is 230 g/mol. The molecule has 16 heavy (non-hydrogen) atoms. The number of carbonyl (C=O) groups is 1. The van der Waals surface area contributed by atoms with Crippen LogP contribution < -0.4 is 5.32 Å². The van der Waals surface area contributed by atoms with E-state index in [0.29, 0.717) is 0 Å². The molecule has 0 heterocycles. The average Bonchev–Trinajstić information content (AvgIpc) is 2.24. The fourth-order valence-corrected chi connectivity index (χ4v) is 1.04. The van der Waals surface area contributed by atoms with E-state index in [0.717, 1.165) is 12.1 Å². The summed E-state index contributed by atoms with van der Waals surface area (Å²) < 4.78 is 25.4. The Kier molecular flexibility index (Phi) is 4.19. The zero-order valence-electron chi connectivity index (χ0n) is 8.70. The van der Waals surface area contributed by atoms with E-state index >= 15 is 0 Å². The summed E-state index contributed by atoms with van der Waals surface area (Å²) in [6, 6.07) is 2.57. The van der Waals surface area contributed by atoms with E-state index in [1.165, 1.54) is 18.0 Å². The van der Waals surface area contributed by atoms with Gasteiger partial charge in [0.15, 0.2) is 11.6 Å². The Balaban J connectivity index is 2.66. The molecule has 0 fully saturated rings. The van der Waals surface area contributed by atoms with E-state index in [1.54, 1.807) is 0 Å². The standard InChI is InChI=1S/C10H12F2N2O2/c1-14(4-5-15)10(16)13-7-2-3-8(11)9(12)6-7/h2-3,6,15H,4-5H2,1H3,(H,13,16). The number of amides is 2. The number of aliphatic hydroxyl groups is 1. The number of urea groups is 1. The predicted octanol–water partition coefficient (Wildman–Crippen LogP) is 1.42. The third kappa shape index (κ3) is 3.16. The summed E-state index contributed by atoms with van der Waals surface area (Å²) in [5, 5.41) is 11.0. The number of anilines is 1. The molecule has 0 aliphatic heterocycles. The number of benzene rings is 1. The van der Waals surface area contributed by atoms with E-state index in [2.05, 4.69) is 5.32 Å². The van der Waals surface area contributed by atoms with E-state index in [4.69, 9.17) is 5.11 Å². The molecule has 0 spiro atoms. The molecule has 1 rings (SSSR count). The van der Waals surface area contributed by atoms with Crippen molar-refractivity contribution in [3.63, 3.8) is 0 Å². The molecule has 0 unspecified atom stereocenters. The second-order valence-corrected chi connectivity index (χ2v) is 3.20. The molecule has 0 radical (unpaired) electrons. The van der Waals surface area contributed by atoms with Crippen molar-refractivity contribution in [3.05, 3.63) is 29.8 Å². The quantitative estimate of drug-likeness (QED) is 0.825. The molecule has 0 aliphatic carbocycles. The van der Waals surface area contributed by atoms with Crippen molar-refractivity contribution in [2.75, 3.05) is 25.5 Å². The number of hydrogen-bond donors (Lipinski definition) is 2. The largest absolute Gasteiger partial charge is 0.395 e. The Bertz CT molecular complexity index is 385. The van der Waals surface area contributed by atoms with E-state index in [1.807, 2.05) is 0 Å². The maximum Gasteiger partial charge on any atom is 0.321 e. The van der Waals surface area contributed by atoms with Crippen LogP contribution >= 0.6 is 0 Å². The third-order valence-corrected chi connectivity index (χ3v) is 1.95. The first-order valence-electron chi connectivity index (χ1n) is 4.62. The molecule has 0 aliphatic rings. The lowest BCUT2D eigenvalue weighted by Gasteiger charge is -2.16. The van der Waals surface area contributed by atoms with E-state index < -0.39 is 17.7 Å². The molecule has 1 aromatic rings. The van der Waals surface area contributed by atoms with Crippen LogP contribution in [0.3, 0.4) is 0 Å². The maximum atomic E-state index is 12.8. The van der Waals surface area contributed by atoms with Crippen LogP contribution in [0.25, 0.3) is 0 Å². The number of hydrogen-bond acceptors (Lipinski definition) is 2. The Morgan fingerprint density at radius 2 is 2.12 bits per heavy atom. The molecule has 4 nitrogen and oxygen atoms in total. The summed E-state index contributed by atoms with van der Waals surface area (Å²) in [7, 11) is 1.48. The molecular formula is C10H12F2N2O2. The van der Waals surface area contributed by atoms with Crippen LogP contribution in [0.2, 0.25) is 0 Å². The lowest BCUT2D eigenvalue weighted by Crippen LogP contribution is -2.33. The smallest absolute Gasteiger partial charge is 0.321 e. The van der Waals surface area contributed by atoms with Gasteiger partial charge in [0, 0.05) is 25.3 Å². The number of nitrogens with zero attached hydrogens (tertiary/aromatic N) is 1. The number of aliphatic hydroxyl groups excluding tert-OH is 1. The Morgan fingerprint density at radius 1 is 1.44 bits per heavy atom. The highest BCUT2D eigenvalue weighted by atomic mass is 19.2. The van der Waals surface area contributed by atoms with Gasteiger partial charge in [-0.05, 0) is 12.1 Å². The third-order valence-electron chi connectivity index (χ3n) is 1.95. The summed E-state index contributed by atoms with van der Waals surface area (Å²) in [5.41, 5.74) is 0.161. The van der Waals surface area contributed by atoms with Crippen molar-refractivity contribution >= 4 is 11.7 Å². The Hall–Kier alpha value is -1.69. The van der Waals surface area contributed by atoms with Gasteiger partial charge in [-0.2, -0.15) is 0 Å². The highest BCUT2D eigenvalue weighted by Gasteiger charge is 2.09. The monoisotopic (exact) mass is 230 g/mol. The minimum absolute atomic E-state index is 0.161.